The van der Waals surface area contributed by atoms with E-state index in [1.807, 2.05) is 4.57 Å². The van der Waals surface area contributed by atoms with E-state index in [2.05, 4.69) is 54.6 Å². The number of carbonyl (C=O) groups excluding carboxylic acids is 1. The molecule has 0 aliphatic heterocycles. The highest BCUT2D eigenvalue weighted by molar-refractivity contribution is 6.74. The van der Waals surface area contributed by atoms with Gasteiger partial charge in [0.05, 0.1) is 37.3 Å². The molecule has 0 saturated heterocycles. The molecule has 7 nitrogen and oxygen atoms in total. The van der Waals surface area contributed by atoms with Crippen molar-refractivity contribution in [3.8, 4) is 11.5 Å². The molecule has 0 fully saturated rings. The fourth-order valence-corrected chi connectivity index (χ4v) is 4.40. The van der Waals surface area contributed by atoms with Crippen molar-refractivity contribution in [3.05, 3.63) is 34.1 Å². The van der Waals surface area contributed by atoms with Crippen molar-refractivity contribution in [2.45, 2.75) is 72.6 Å². The van der Waals surface area contributed by atoms with Crippen LogP contribution in [0.15, 0.2) is 23.1 Å². The molecule has 1 atom stereocenters. The molecule has 2 rings (SSSR count). The van der Waals surface area contributed by atoms with Gasteiger partial charge in [-0.2, -0.15) is 0 Å². The number of fused-ring (bicyclic) bond motifs is 1. The summed E-state index contributed by atoms with van der Waals surface area (Å²) in [7, 11) is -0.608. The standard InChI is InChI=1S/C25H39NO6Si/c1-11-31-23(29)17-14-26(18-13-20(30-8)19(27)12-16(18)22(17)28)21(24(2,3)4)15-32-33(9,10)25(5,6)7/h12-14,21,27H,11,15H2,1-10H3. The molecule has 1 heterocycles. The topological polar surface area (TPSA) is 87.0 Å². The van der Waals surface area contributed by atoms with Gasteiger partial charge in [-0.25, -0.2) is 4.79 Å². The van der Waals surface area contributed by atoms with E-state index >= 15 is 0 Å². The molecule has 8 heteroatoms. The number of nitrogens with zero attached hydrogens (tertiary/aromatic N) is 1. The zero-order valence-corrected chi connectivity index (χ0v) is 22.7. The highest BCUT2D eigenvalue weighted by atomic mass is 28.4. The van der Waals surface area contributed by atoms with E-state index in [0.29, 0.717) is 12.1 Å². The monoisotopic (exact) mass is 477 g/mol. The SMILES string of the molecule is CCOC(=O)c1cn(C(CO[Si](C)(C)C(C)(C)C)C(C)(C)C)c2cc(OC)c(O)cc2c1=O. The second-order valence-electron chi connectivity index (χ2n) is 11.0. The van der Waals surface area contributed by atoms with E-state index in [9.17, 15) is 14.7 Å². The molecule has 33 heavy (non-hydrogen) atoms. The zero-order valence-electron chi connectivity index (χ0n) is 21.7. The molecule has 0 aliphatic carbocycles. The second-order valence-corrected chi connectivity index (χ2v) is 15.8. The van der Waals surface area contributed by atoms with Crippen molar-refractivity contribution in [3.63, 3.8) is 0 Å². The lowest BCUT2D eigenvalue weighted by Gasteiger charge is -2.40. The lowest BCUT2D eigenvalue weighted by Crippen LogP contribution is -2.43. The van der Waals surface area contributed by atoms with Crippen LogP contribution in [0, 0.1) is 5.41 Å². The molecular weight excluding hydrogens is 438 g/mol. The molecule has 0 amide bonds. The summed E-state index contributed by atoms with van der Waals surface area (Å²) < 4.78 is 18.9. The maximum Gasteiger partial charge on any atom is 0.343 e. The summed E-state index contributed by atoms with van der Waals surface area (Å²) in [6, 6.07) is 2.77. The van der Waals surface area contributed by atoms with Crippen LogP contribution in [0.25, 0.3) is 10.9 Å². The quantitative estimate of drug-likeness (QED) is 0.418. The third-order valence-corrected chi connectivity index (χ3v) is 11.1. The van der Waals surface area contributed by atoms with Crippen molar-refractivity contribution >= 4 is 25.2 Å². The fourth-order valence-electron chi connectivity index (χ4n) is 3.39. The molecule has 0 bridgehead atoms. The first-order valence-corrected chi connectivity index (χ1v) is 14.2. The Hall–Kier alpha value is -2.32. The van der Waals surface area contributed by atoms with Crippen molar-refractivity contribution < 1.29 is 23.8 Å². The summed E-state index contributed by atoms with van der Waals surface area (Å²) >= 11 is 0. The molecule has 2 aromatic rings. The minimum atomic E-state index is -2.06. The van der Waals surface area contributed by atoms with Gasteiger partial charge in [-0.3, -0.25) is 4.79 Å². The van der Waals surface area contributed by atoms with Crippen molar-refractivity contribution in [2.75, 3.05) is 20.3 Å². The molecule has 0 spiro atoms. The van der Waals surface area contributed by atoms with Gasteiger partial charge in [-0.1, -0.05) is 41.5 Å². The summed E-state index contributed by atoms with van der Waals surface area (Å²) in [6.07, 6.45) is 1.56. The number of phenolic OH excluding ortho intramolecular Hbond substituents is 1. The molecule has 1 aromatic heterocycles. The molecule has 1 aromatic carbocycles. The number of benzene rings is 1. The average molecular weight is 478 g/mol. The smallest absolute Gasteiger partial charge is 0.343 e. The Kier molecular flexibility index (Phi) is 7.75. The van der Waals surface area contributed by atoms with Crippen LogP contribution in [0.3, 0.4) is 0 Å². The number of hydrogen-bond acceptors (Lipinski definition) is 6. The van der Waals surface area contributed by atoms with Gasteiger partial charge in [-0.05, 0) is 36.5 Å². The summed E-state index contributed by atoms with van der Waals surface area (Å²) in [5, 5.41) is 10.6. The van der Waals surface area contributed by atoms with Crippen LogP contribution in [0.1, 0.15) is 64.9 Å². The van der Waals surface area contributed by atoms with Crippen LogP contribution in [0.4, 0.5) is 0 Å². The van der Waals surface area contributed by atoms with Crippen LogP contribution >= 0.6 is 0 Å². The number of hydrogen-bond donors (Lipinski definition) is 1. The van der Waals surface area contributed by atoms with Gasteiger partial charge in [0.2, 0.25) is 5.43 Å². The molecule has 1 N–H and O–H groups in total. The van der Waals surface area contributed by atoms with E-state index in [-0.39, 0.29) is 45.6 Å². The Morgan fingerprint density at radius 3 is 2.24 bits per heavy atom. The number of pyridine rings is 1. The lowest BCUT2D eigenvalue weighted by molar-refractivity contribution is 0.0522. The first-order chi connectivity index (χ1) is 15.0. The number of carbonyl (C=O) groups is 1. The van der Waals surface area contributed by atoms with Gasteiger partial charge in [0.25, 0.3) is 0 Å². The summed E-state index contributed by atoms with van der Waals surface area (Å²) in [4.78, 5) is 25.8. The fraction of sp³-hybridized carbons (Fsp3) is 0.600. The van der Waals surface area contributed by atoms with Crippen molar-refractivity contribution in [1.29, 1.82) is 0 Å². The number of esters is 1. The van der Waals surface area contributed by atoms with Crippen molar-refractivity contribution in [1.82, 2.24) is 4.57 Å². The van der Waals surface area contributed by atoms with E-state index in [1.165, 1.54) is 13.2 Å². The summed E-state index contributed by atoms with van der Waals surface area (Å²) in [6.45, 7) is 19.5. The molecule has 0 aliphatic rings. The Morgan fingerprint density at radius 1 is 1.15 bits per heavy atom. The van der Waals surface area contributed by atoms with E-state index in [4.69, 9.17) is 13.9 Å². The number of aromatic hydroxyl groups is 1. The maximum absolute atomic E-state index is 13.2. The van der Waals surface area contributed by atoms with Gasteiger partial charge in [-0.15, -0.1) is 0 Å². The Morgan fingerprint density at radius 2 is 1.76 bits per heavy atom. The molecule has 0 radical (unpaired) electrons. The van der Waals surface area contributed by atoms with Gasteiger partial charge in [0.1, 0.15) is 5.56 Å². The van der Waals surface area contributed by atoms with Crippen LogP contribution in [0.2, 0.25) is 18.1 Å². The minimum absolute atomic E-state index is 0.0339. The van der Waals surface area contributed by atoms with Crippen molar-refractivity contribution in [2.24, 2.45) is 5.41 Å². The molecule has 184 valence electrons. The number of ether oxygens (including phenoxy) is 2. The second kappa shape index (κ2) is 9.50. The number of rotatable bonds is 7. The van der Waals surface area contributed by atoms with Crippen LogP contribution in [0.5, 0.6) is 11.5 Å². The van der Waals surface area contributed by atoms with Crippen LogP contribution < -0.4 is 10.2 Å². The number of phenols is 1. The Balaban J connectivity index is 2.81. The zero-order chi connectivity index (χ0) is 25.4. The Bertz CT molecular complexity index is 1080. The minimum Gasteiger partial charge on any atom is -0.504 e. The van der Waals surface area contributed by atoms with Gasteiger partial charge >= 0.3 is 5.97 Å². The molecule has 0 saturated carbocycles. The average Bonchev–Trinajstić information content (AvgIpc) is 2.67. The largest absolute Gasteiger partial charge is 0.504 e. The molecule has 1 unspecified atom stereocenters. The normalized spacial score (nSPS) is 13.8. The van der Waals surface area contributed by atoms with E-state index in [0.717, 1.165) is 0 Å². The molecular formula is C25H39NO6Si. The summed E-state index contributed by atoms with van der Waals surface area (Å²) in [5.74, 6) is -0.608. The summed E-state index contributed by atoms with van der Waals surface area (Å²) in [5.41, 5.74) is -0.283. The Labute approximate surface area is 197 Å². The van der Waals surface area contributed by atoms with E-state index in [1.54, 1.807) is 19.2 Å². The number of aromatic nitrogens is 1. The predicted octanol–water partition coefficient (Wildman–Crippen LogP) is 5.50. The van der Waals surface area contributed by atoms with E-state index < -0.39 is 19.7 Å². The van der Waals surface area contributed by atoms with Crippen LogP contribution in [-0.4, -0.2) is 44.3 Å². The first kappa shape index (κ1) is 26.9. The lowest BCUT2D eigenvalue weighted by atomic mass is 9.86. The third-order valence-electron chi connectivity index (χ3n) is 6.57. The highest BCUT2D eigenvalue weighted by Crippen LogP contribution is 2.40. The predicted molar refractivity (Wildman–Crippen MR) is 134 cm³/mol. The van der Waals surface area contributed by atoms with Gasteiger partial charge < -0.3 is 23.6 Å². The maximum atomic E-state index is 13.2. The van der Waals surface area contributed by atoms with Crippen LogP contribution in [-0.2, 0) is 9.16 Å². The third kappa shape index (κ3) is 5.61. The first-order valence-electron chi connectivity index (χ1n) is 11.3. The number of methoxy groups -OCH3 is 1. The highest BCUT2D eigenvalue weighted by Gasteiger charge is 2.39. The van der Waals surface area contributed by atoms with Gasteiger partial charge in [0.15, 0.2) is 19.8 Å². The van der Waals surface area contributed by atoms with Gasteiger partial charge in [0, 0.05) is 12.3 Å².